The first-order chi connectivity index (χ1) is 14.2. The van der Waals surface area contributed by atoms with Gasteiger partial charge in [0.25, 0.3) is 0 Å². The SMILES string of the molecule is O=C(CNCCCN1c2ccccc2CCc2ccccc21)c1ccc(Cl)cc1. The molecule has 148 valence electrons. The van der Waals surface area contributed by atoms with Crippen LogP contribution in [-0.4, -0.2) is 25.4 Å². The molecule has 0 spiro atoms. The number of halogens is 1. The number of rotatable bonds is 7. The minimum Gasteiger partial charge on any atom is -0.341 e. The monoisotopic (exact) mass is 404 g/mol. The van der Waals surface area contributed by atoms with Crippen molar-refractivity contribution in [1.82, 2.24) is 5.32 Å². The Morgan fingerprint density at radius 1 is 0.862 bits per heavy atom. The normalized spacial score (nSPS) is 12.8. The molecule has 3 aromatic rings. The standard InChI is InChI=1S/C25H25ClN2O/c26-22-14-12-21(13-15-22)25(29)18-27-16-5-17-28-23-8-3-1-6-19(23)10-11-20-7-2-4-9-24(20)28/h1-4,6-9,12-15,27H,5,10-11,16-18H2. The number of fused-ring (bicyclic) bond motifs is 2. The molecule has 3 nitrogen and oxygen atoms in total. The zero-order valence-electron chi connectivity index (χ0n) is 16.4. The van der Waals surface area contributed by atoms with E-state index in [0.29, 0.717) is 17.1 Å². The van der Waals surface area contributed by atoms with Crippen LogP contribution in [0.2, 0.25) is 5.02 Å². The van der Waals surface area contributed by atoms with Crippen LogP contribution in [0.25, 0.3) is 0 Å². The van der Waals surface area contributed by atoms with E-state index in [9.17, 15) is 4.79 Å². The van der Waals surface area contributed by atoms with Crippen molar-refractivity contribution in [2.45, 2.75) is 19.3 Å². The summed E-state index contributed by atoms with van der Waals surface area (Å²) in [6, 6.07) is 24.4. The molecule has 0 aromatic heterocycles. The molecule has 0 radical (unpaired) electrons. The fourth-order valence-electron chi connectivity index (χ4n) is 3.91. The Labute approximate surface area is 177 Å². The first-order valence-corrected chi connectivity index (χ1v) is 10.5. The van der Waals surface area contributed by atoms with Gasteiger partial charge in [-0.2, -0.15) is 0 Å². The predicted octanol–water partition coefficient (Wildman–Crippen LogP) is 5.44. The highest BCUT2D eigenvalue weighted by Gasteiger charge is 2.19. The summed E-state index contributed by atoms with van der Waals surface area (Å²) in [5, 5.41) is 3.94. The van der Waals surface area contributed by atoms with Crippen molar-refractivity contribution in [1.29, 1.82) is 0 Å². The number of aryl methyl sites for hydroxylation is 2. The third-order valence-corrected chi connectivity index (χ3v) is 5.67. The second-order valence-corrected chi connectivity index (χ2v) is 7.81. The van der Waals surface area contributed by atoms with Crippen molar-refractivity contribution >= 4 is 28.8 Å². The molecule has 0 unspecified atom stereocenters. The van der Waals surface area contributed by atoms with E-state index in [-0.39, 0.29) is 5.78 Å². The molecule has 0 fully saturated rings. The molecule has 1 aliphatic rings. The third kappa shape index (κ3) is 4.69. The Morgan fingerprint density at radius 3 is 2.07 bits per heavy atom. The summed E-state index contributed by atoms with van der Waals surface area (Å²) in [6.45, 7) is 2.05. The number of carbonyl (C=O) groups is 1. The fourth-order valence-corrected chi connectivity index (χ4v) is 4.04. The first-order valence-electron chi connectivity index (χ1n) is 10.2. The van der Waals surface area contributed by atoms with Gasteiger partial charge in [-0.1, -0.05) is 48.0 Å². The third-order valence-electron chi connectivity index (χ3n) is 5.42. The van der Waals surface area contributed by atoms with Crippen LogP contribution in [0, 0.1) is 0 Å². The maximum atomic E-state index is 12.3. The number of anilines is 2. The van der Waals surface area contributed by atoms with E-state index in [1.165, 1.54) is 22.5 Å². The molecule has 3 aromatic carbocycles. The predicted molar refractivity (Wildman–Crippen MR) is 121 cm³/mol. The molecule has 0 atom stereocenters. The smallest absolute Gasteiger partial charge is 0.176 e. The van der Waals surface area contributed by atoms with Crippen LogP contribution in [0.1, 0.15) is 27.9 Å². The number of Topliss-reactive ketones (excluding diaryl/α,β-unsaturated/α-hetero) is 1. The molecule has 4 rings (SSSR count). The lowest BCUT2D eigenvalue weighted by atomic mass is 10.0. The topological polar surface area (TPSA) is 32.3 Å². The van der Waals surface area contributed by atoms with Gasteiger partial charge in [-0.3, -0.25) is 4.79 Å². The number of para-hydroxylation sites is 2. The number of hydrogen-bond donors (Lipinski definition) is 1. The average molecular weight is 405 g/mol. The van der Waals surface area contributed by atoms with Gasteiger partial charge < -0.3 is 10.2 Å². The Bertz CT molecular complexity index is 937. The number of nitrogens with one attached hydrogen (secondary N) is 1. The lowest BCUT2D eigenvalue weighted by molar-refractivity contribution is 0.0991. The summed E-state index contributed by atoms with van der Waals surface area (Å²) in [5.74, 6) is 0.0899. The summed E-state index contributed by atoms with van der Waals surface area (Å²) in [6.07, 6.45) is 3.09. The number of ketones is 1. The highest BCUT2D eigenvalue weighted by molar-refractivity contribution is 6.30. The van der Waals surface area contributed by atoms with Crippen LogP contribution >= 0.6 is 11.6 Å². The Morgan fingerprint density at radius 2 is 1.45 bits per heavy atom. The van der Waals surface area contributed by atoms with Crippen molar-refractivity contribution in [3.05, 3.63) is 94.5 Å². The zero-order chi connectivity index (χ0) is 20.1. The van der Waals surface area contributed by atoms with Gasteiger partial charge in [0.1, 0.15) is 0 Å². The van der Waals surface area contributed by atoms with E-state index in [2.05, 4.69) is 58.7 Å². The largest absolute Gasteiger partial charge is 0.341 e. The highest BCUT2D eigenvalue weighted by atomic mass is 35.5. The molecular formula is C25H25ClN2O. The van der Waals surface area contributed by atoms with Gasteiger partial charge in [0.15, 0.2) is 5.78 Å². The molecule has 4 heteroatoms. The van der Waals surface area contributed by atoms with Crippen LogP contribution in [-0.2, 0) is 12.8 Å². The average Bonchev–Trinajstić information content (AvgIpc) is 2.91. The second-order valence-electron chi connectivity index (χ2n) is 7.37. The second kappa shape index (κ2) is 9.25. The van der Waals surface area contributed by atoms with E-state index in [0.717, 1.165) is 32.4 Å². The number of benzene rings is 3. The first kappa shape index (κ1) is 19.7. The van der Waals surface area contributed by atoms with Gasteiger partial charge in [0.2, 0.25) is 0 Å². The summed E-state index contributed by atoms with van der Waals surface area (Å²) >= 11 is 5.89. The van der Waals surface area contributed by atoms with Crippen LogP contribution in [0.3, 0.4) is 0 Å². The maximum Gasteiger partial charge on any atom is 0.176 e. The van der Waals surface area contributed by atoms with E-state index >= 15 is 0 Å². The highest BCUT2D eigenvalue weighted by Crippen LogP contribution is 2.35. The molecule has 0 bridgehead atoms. The molecule has 1 heterocycles. The van der Waals surface area contributed by atoms with Crippen molar-refractivity contribution < 1.29 is 4.79 Å². The lowest BCUT2D eigenvalue weighted by Gasteiger charge is -2.27. The van der Waals surface area contributed by atoms with Crippen LogP contribution < -0.4 is 10.2 Å². The summed E-state index contributed by atoms with van der Waals surface area (Å²) in [7, 11) is 0. The van der Waals surface area contributed by atoms with Crippen molar-refractivity contribution in [2.75, 3.05) is 24.5 Å². The van der Waals surface area contributed by atoms with Gasteiger partial charge in [0.05, 0.1) is 6.54 Å². The minimum absolute atomic E-state index is 0.0899. The van der Waals surface area contributed by atoms with Gasteiger partial charge in [-0.25, -0.2) is 0 Å². The number of nitrogens with zero attached hydrogens (tertiary/aromatic N) is 1. The fraction of sp³-hybridized carbons (Fsp3) is 0.240. The van der Waals surface area contributed by atoms with Gasteiger partial charge in [-0.15, -0.1) is 0 Å². The van der Waals surface area contributed by atoms with E-state index < -0.39 is 0 Å². The minimum atomic E-state index is 0.0899. The van der Waals surface area contributed by atoms with E-state index in [4.69, 9.17) is 11.6 Å². The zero-order valence-corrected chi connectivity index (χ0v) is 17.2. The molecule has 1 N–H and O–H groups in total. The van der Waals surface area contributed by atoms with Gasteiger partial charge in [-0.05, 0) is 73.3 Å². The van der Waals surface area contributed by atoms with Gasteiger partial charge >= 0.3 is 0 Å². The van der Waals surface area contributed by atoms with Crippen molar-refractivity contribution in [3.8, 4) is 0 Å². The Hall–Kier alpha value is -2.62. The molecule has 29 heavy (non-hydrogen) atoms. The number of carbonyl (C=O) groups excluding carboxylic acids is 1. The summed E-state index contributed by atoms with van der Waals surface area (Å²) < 4.78 is 0. The molecule has 1 aliphatic heterocycles. The van der Waals surface area contributed by atoms with E-state index in [1.54, 1.807) is 24.3 Å². The van der Waals surface area contributed by atoms with E-state index in [1.807, 2.05) is 0 Å². The Kier molecular flexibility index (Phi) is 6.28. The summed E-state index contributed by atoms with van der Waals surface area (Å²) in [5.41, 5.74) is 6.09. The quantitative estimate of drug-likeness (QED) is 0.420. The van der Waals surface area contributed by atoms with Crippen LogP contribution in [0.15, 0.2) is 72.8 Å². The lowest BCUT2D eigenvalue weighted by Crippen LogP contribution is -2.27. The molecular weight excluding hydrogens is 380 g/mol. The van der Waals surface area contributed by atoms with Crippen molar-refractivity contribution in [3.63, 3.8) is 0 Å². The number of hydrogen-bond acceptors (Lipinski definition) is 3. The molecule has 0 amide bonds. The molecule has 0 aliphatic carbocycles. The van der Waals surface area contributed by atoms with Crippen LogP contribution in [0.5, 0.6) is 0 Å². The van der Waals surface area contributed by atoms with Crippen LogP contribution in [0.4, 0.5) is 11.4 Å². The molecule has 0 saturated carbocycles. The van der Waals surface area contributed by atoms with Crippen molar-refractivity contribution in [2.24, 2.45) is 0 Å². The van der Waals surface area contributed by atoms with Gasteiger partial charge in [0, 0.05) is 28.5 Å². The molecule has 0 saturated heterocycles. The summed E-state index contributed by atoms with van der Waals surface area (Å²) in [4.78, 5) is 14.7. The Balaban J connectivity index is 1.37. The maximum absolute atomic E-state index is 12.3.